The van der Waals surface area contributed by atoms with Gasteiger partial charge in [-0.05, 0) is 62.1 Å². The van der Waals surface area contributed by atoms with E-state index in [1.807, 2.05) is 6.92 Å². The van der Waals surface area contributed by atoms with Crippen LogP contribution in [0.5, 0.6) is 11.5 Å². The van der Waals surface area contributed by atoms with Crippen LogP contribution in [0.25, 0.3) is 0 Å². The van der Waals surface area contributed by atoms with E-state index in [9.17, 15) is 10.2 Å². The Morgan fingerprint density at radius 3 is 2.21 bits per heavy atom. The number of aryl methyl sites for hydroxylation is 1. The summed E-state index contributed by atoms with van der Waals surface area (Å²) in [6.45, 7) is 8.45. The smallest absolute Gasteiger partial charge is 0.123 e. The molecule has 2 heteroatoms. The van der Waals surface area contributed by atoms with Gasteiger partial charge in [0.25, 0.3) is 0 Å². The number of hydrogen-bond acceptors (Lipinski definition) is 2. The molecule has 0 heterocycles. The SMILES string of the molecule is CC1=CCC(C(C)C)C(c2c(O)cc(C)cc2O)C1. The molecular formula is C17H24O2. The monoisotopic (exact) mass is 260 g/mol. The fraction of sp³-hybridized carbons (Fsp3) is 0.529. The highest BCUT2D eigenvalue weighted by Gasteiger charge is 2.32. The number of hydrogen-bond donors (Lipinski definition) is 2. The number of benzene rings is 1. The number of phenols is 2. The molecule has 2 unspecified atom stereocenters. The van der Waals surface area contributed by atoms with Gasteiger partial charge >= 0.3 is 0 Å². The van der Waals surface area contributed by atoms with E-state index in [0.29, 0.717) is 11.8 Å². The van der Waals surface area contributed by atoms with Crippen LogP contribution in [-0.4, -0.2) is 10.2 Å². The third kappa shape index (κ3) is 2.78. The highest BCUT2D eigenvalue weighted by atomic mass is 16.3. The van der Waals surface area contributed by atoms with E-state index in [1.165, 1.54) is 5.57 Å². The third-order valence-corrected chi connectivity index (χ3v) is 4.30. The van der Waals surface area contributed by atoms with E-state index >= 15 is 0 Å². The number of rotatable bonds is 2. The average molecular weight is 260 g/mol. The van der Waals surface area contributed by atoms with Crippen LogP contribution in [0.3, 0.4) is 0 Å². The first-order chi connectivity index (χ1) is 8.90. The summed E-state index contributed by atoms with van der Waals surface area (Å²) in [5.74, 6) is 1.70. The van der Waals surface area contributed by atoms with Gasteiger partial charge in [0, 0.05) is 5.56 Å². The van der Waals surface area contributed by atoms with E-state index in [2.05, 4.69) is 26.8 Å². The summed E-state index contributed by atoms with van der Waals surface area (Å²) in [6.07, 6.45) is 4.25. The summed E-state index contributed by atoms with van der Waals surface area (Å²) in [6, 6.07) is 3.50. The van der Waals surface area contributed by atoms with Crippen LogP contribution in [0.1, 0.15) is 50.7 Å². The van der Waals surface area contributed by atoms with Gasteiger partial charge in [0.15, 0.2) is 0 Å². The first-order valence-corrected chi connectivity index (χ1v) is 7.08. The van der Waals surface area contributed by atoms with E-state index in [0.717, 1.165) is 24.0 Å². The van der Waals surface area contributed by atoms with Crippen LogP contribution in [0, 0.1) is 18.8 Å². The van der Waals surface area contributed by atoms with Crippen molar-refractivity contribution >= 4 is 0 Å². The van der Waals surface area contributed by atoms with E-state index in [-0.39, 0.29) is 17.4 Å². The maximum Gasteiger partial charge on any atom is 0.123 e. The molecule has 0 aliphatic heterocycles. The average Bonchev–Trinajstić information content (AvgIpc) is 2.27. The zero-order valence-corrected chi connectivity index (χ0v) is 12.3. The summed E-state index contributed by atoms with van der Waals surface area (Å²) in [5.41, 5.74) is 2.97. The van der Waals surface area contributed by atoms with Gasteiger partial charge in [-0.1, -0.05) is 25.5 Å². The van der Waals surface area contributed by atoms with Crippen molar-refractivity contribution in [2.24, 2.45) is 11.8 Å². The zero-order chi connectivity index (χ0) is 14.2. The molecule has 0 fully saturated rings. The zero-order valence-electron chi connectivity index (χ0n) is 12.3. The molecule has 0 aromatic heterocycles. The lowest BCUT2D eigenvalue weighted by atomic mass is 9.70. The molecule has 0 saturated carbocycles. The van der Waals surface area contributed by atoms with Crippen LogP contribution in [-0.2, 0) is 0 Å². The molecule has 1 aliphatic rings. The molecule has 0 saturated heterocycles. The molecule has 2 rings (SSSR count). The maximum atomic E-state index is 10.2. The molecule has 1 aromatic rings. The van der Waals surface area contributed by atoms with Crippen LogP contribution < -0.4 is 0 Å². The van der Waals surface area contributed by atoms with Gasteiger partial charge in [-0.2, -0.15) is 0 Å². The van der Waals surface area contributed by atoms with Crippen LogP contribution in [0.4, 0.5) is 0 Å². The van der Waals surface area contributed by atoms with Crippen molar-refractivity contribution in [2.75, 3.05) is 0 Å². The fourth-order valence-corrected chi connectivity index (χ4v) is 3.28. The lowest BCUT2D eigenvalue weighted by molar-refractivity contribution is 0.292. The quantitative estimate of drug-likeness (QED) is 0.768. The topological polar surface area (TPSA) is 40.5 Å². The van der Waals surface area contributed by atoms with Crippen molar-refractivity contribution in [3.63, 3.8) is 0 Å². The van der Waals surface area contributed by atoms with Crippen molar-refractivity contribution in [2.45, 2.75) is 46.5 Å². The van der Waals surface area contributed by atoms with Crippen molar-refractivity contribution in [3.05, 3.63) is 34.9 Å². The van der Waals surface area contributed by atoms with Gasteiger partial charge < -0.3 is 10.2 Å². The molecule has 2 atom stereocenters. The summed E-state index contributed by atoms with van der Waals surface area (Å²) in [7, 11) is 0. The second-order valence-corrected chi connectivity index (χ2v) is 6.22. The number of aromatic hydroxyl groups is 2. The Morgan fingerprint density at radius 1 is 1.11 bits per heavy atom. The van der Waals surface area contributed by atoms with Gasteiger partial charge in [-0.3, -0.25) is 0 Å². The summed E-state index contributed by atoms with van der Waals surface area (Å²) < 4.78 is 0. The van der Waals surface area contributed by atoms with Crippen molar-refractivity contribution in [1.29, 1.82) is 0 Å². The fourth-order valence-electron chi connectivity index (χ4n) is 3.28. The minimum Gasteiger partial charge on any atom is -0.508 e. The van der Waals surface area contributed by atoms with Gasteiger partial charge in [-0.15, -0.1) is 0 Å². The predicted molar refractivity (Wildman–Crippen MR) is 78.6 cm³/mol. The Bertz CT molecular complexity index is 477. The Hall–Kier alpha value is -1.44. The Morgan fingerprint density at radius 2 is 1.68 bits per heavy atom. The Kier molecular flexibility index (Phi) is 3.88. The molecule has 0 bridgehead atoms. The van der Waals surface area contributed by atoms with Crippen molar-refractivity contribution in [3.8, 4) is 11.5 Å². The lowest BCUT2D eigenvalue weighted by Crippen LogP contribution is -2.22. The lowest BCUT2D eigenvalue weighted by Gasteiger charge is -2.34. The predicted octanol–water partition coefficient (Wildman–Crippen LogP) is 4.50. The molecule has 2 N–H and O–H groups in total. The van der Waals surface area contributed by atoms with E-state index in [4.69, 9.17) is 0 Å². The van der Waals surface area contributed by atoms with Gasteiger partial charge in [0.2, 0.25) is 0 Å². The first-order valence-electron chi connectivity index (χ1n) is 7.08. The van der Waals surface area contributed by atoms with Crippen LogP contribution >= 0.6 is 0 Å². The third-order valence-electron chi connectivity index (χ3n) is 4.30. The van der Waals surface area contributed by atoms with E-state index < -0.39 is 0 Å². The molecule has 104 valence electrons. The van der Waals surface area contributed by atoms with Gasteiger partial charge in [0.05, 0.1) is 0 Å². The molecular weight excluding hydrogens is 236 g/mol. The molecule has 0 amide bonds. The van der Waals surface area contributed by atoms with Crippen molar-refractivity contribution < 1.29 is 10.2 Å². The first kappa shape index (κ1) is 14.0. The summed E-state index contributed by atoms with van der Waals surface area (Å²) in [5, 5.41) is 20.5. The van der Waals surface area contributed by atoms with E-state index in [1.54, 1.807) is 12.1 Å². The normalized spacial score (nSPS) is 23.5. The Labute approximate surface area is 115 Å². The van der Waals surface area contributed by atoms with Crippen LogP contribution in [0.2, 0.25) is 0 Å². The van der Waals surface area contributed by atoms with Crippen molar-refractivity contribution in [1.82, 2.24) is 0 Å². The van der Waals surface area contributed by atoms with Gasteiger partial charge in [0.1, 0.15) is 11.5 Å². The molecule has 2 nitrogen and oxygen atoms in total. The molecule has 1 aromatic carbocycles. The summed E-state index contributed by atoms with van der Waals surface area (Å²) in [4.78, 5) is 0. The highest BCUT2D eigenvalue weighted by Crippen LogP contribution is 2.47. The number of phenolic OH excluding ortho intramolecular Hbond substituents is 2. The minimum absolute atomic E-state index is 0.214. The highest BCUT2D eigenvalue weighted by molar-refractivity contribution is 5.49. The van der Waals surface area contributed by atoms with Crippen LogP contribution in [0.15, 0.2) is 23.8 Å². The maximum absolute atomic E-state index is 10.2. The Balaban J connectivity index is 2.46. The molecule has 0 radical (unpaired) electrons. The minimum atomic E-state index is 0.214. The summed E-state index contributed by atoms with van der Waals surface area (Å²) >= 11 is 0. The number of allylic oxidation sites excluding steroid dienone is 2. The standard InChI is InChI=1S/C17H24O2/c1-10(2)13-6-5-11(3)7-14(13)17-15(18)8-12(4)9-16(17)19/h5,8-10,13-14,18-19H,6-7H2,1-4H3. The van der Waals surface area contributed by atoms with Gasteiger partial charge in [-0.25, -0.2) is 0 Å². The largest absolute Gasteiger partial charge is 0.508 e. The molecule has 1 aliphatic carbocycles. The molecule has 0 spiro atoms. The second kappa shape index (κ2) is 5.28. The second-order valence-electron chi connectivity index (χ2n) is 6.22. The molecule has 19 heavy (non-hydrogen) atoms.